The van der Waals surface area contributed by atoms with Gasteiger partial charge in [0.15, 0.2) is 0 Å². The molecular weight excluding hydrogens is 228 g/mol. The van der Waals surface area contributed by atoms with Gasteiger partial charge in [-0.1, -0.05) is 20.8 Å². The van der Waals surface area contributed by atoms with Gasteiger partial charge in [-0.05, 0) is 44.5 Å². The molecule has 1 aromatic carbocycles. The number of rotatable bonds is 4. The van der Waals surface area contributed by atoms with Crippen molar-refractivity contribution in [2.24, 2.45) is 0 Å². The van der Waals surface area contributed by atoms with Crippen molar-refractivity contribution in [2.45, 2.75) is 46.6 Å². The Balaban J connectivity index is 0.00000137. The Hall–Kier alpha value is -1.51. The van der Waals surface area contributed by atoms with Crippen molar-refractivity contribution in [3.05, 3.63) is 29.8 Å². The summed E-state index contributed by atoms with van der Waals surface area (Å²) in [5.74, 6) is 0.431. The maximum Gasteiger partial charge on any atom is 0.338 e. The number of esters is 1. The number of benzene rings is 1. The van der Waals surface area contributed by atoms with Crippen molar-refractivity contribution in [3.8, 4) is 5.75 Å². The van der Waals surface area contributed by atoms with Gasteiger partial charge in [-0.3, -0.25) is 0 Å². The average molecular weight is 252 g/mol. The molecule has 0 heterocycles. The van der Waals surface area contributed by atoms with Gasteiger partial charge < -0.3 is 9.47 Å². The smallest absolute Gasteiger partial charge is 0.338 e. The maximum absolute atomic E-state index is 11.8. The Morgan fingerprint density at radius 1 is 1.17 bits per heavy atom. The fourth-order valence-electron chi connectivity index (χ4n) is 1.11. The minimum Gasteiger partial charge on any atom is -0.497 e. The molecule has 0 aliphatic heterocycles. The summed E-state index contributed by atoms with van der Waals surface area (Å²) in [7, 11) is 1.59. The number of hydrogen-bond acceptors (Lipinski definition) is 3. The molecule has 1 aromatic rings. The molecule has 0 aromatic heterocycles. The summed E-state index contributed by atoms with van der Waals surface area (Å²) >= 11 is 0. The Kier molecular flexibility index (Phi) is 7.10. The SMILES string of the molecule is CC.CCC(C)(C)OC(=O)c1ccc(OC)cc1. The first-order chi connectivity index (χ1) is 8.48. The number of carbonyl (C=O) groups is 1. The van der Waals surface area contributed by atoms with E-state index in [1.54, 1.807) is 31.4 Å². The Labute approximate surface area is 110 Å². The van der Waals surface area contributed by atoms with Crippen LogP contribution < -0.4 is 4.74 Å². The molecule has 0 radical (unpaired) electrons. The Bertz CT molecular complexity index is 353. The summed E-state index contributed by atoms with van der Waals surface area (Å²) in [5.41, 5.74) is 0.124. The van der Waals surface area contributed by atoms with E-state index in [-0.39, 0.29) is 5.97 Å². The van der Waals surface area contributed by atoms with Crippen LogP contribution >= 0.6 is 0 Å². The summed E-state index contributed by atoms with van der Waals surface area (Å²) in [6.45, 7) is 9.78. The van der Waals surface area contributed by atoms with Gasteiger partial charge in [0.2, 0.25) is 0 Å². The van der Waals surface area contributed by atoms with Crippen LogP contribution in [0.25, 0.3) is 0 Å². The van der Waals surface area contributed by atoms with Crippen molar-refractivity contribution in [1.82, 2.24) is 0 Å². The van der Waals surface area contributed by atoms with Gasteiger partial charge in [-0.2, -0.15) is 0 Å². The van der Waals surface area contributed by atoms with E-state index in [4.69, 9.17) is 9.47 Å². The van der Waals surface area contributed by atoms with Crippen LogP contribution in [-0.2, 0) is 4.74 Å². The van der Waals surface area contributed by atoms with E-state index in [1.165, 1.54) is 0 Å². The van der Waals surface area contributed by atoms with E-state index in [0.29, 0.717) is 5.56 Å². The van der Waals surface area contributed by atoms with Crippen LogP contribution in [0.2, 0.25) is 0 Å². The van der Waals surface area contributed by atoms with Crippen LogP contribution in [0.3, 0.4) is 0 Å². The number of ether oxygens (including phenoxy) is 2. The molecule has 0 atom stereocenters. The third-order valence-electron chi connectivity index (χ3n) is 2.55. The summed E-state index contributed by atoms with van der Waals surface area (Å²) in [5, 5.41) is 0. The van der Waals surface area contributed by atoms with E-state index >= 15 is 0 Å². The highest BCUT2D eigenvalue weighted by molar-refractivity contribution is 5.89. The standard InChI is InChI=1S/C13H18O3.C2H6/c1-5-13(2,3)16-12(14)10-6-8-11(15-4)9-7-10;1-2/h6-9H,5H2,1-4H3;1-2H3. The van der Waals surface area contributed by atoms with Crippen molar-refractivity contribution in [1.29, 1.82) is 0 Å². The van der Waals surface area contributed by atoms with E-state index in [2.05, 4.69) is 0 Å². The van der Waals surface area contributed by atoms with Gasteiger partial charge in [0.1, 0.15) is 11.4 Å². The fraction of sp³-hybridized carbons (Fsp3) is 0.533. The molecule has 0 spiro atoms. The van der Waals surface area contributed by atoms with Crippen molar-refractivity contribution in [2.75, 3.05) is 7.11 Å². The van der Waals surface area contributed by atoms with Crippen LogP contribution in [0, 0.1) is 0 Å². The minimum absolute atomic E-state index is 0.297. The molecule has 0 amide bonds. The van der Waals surface area contributed by atoms with E-state index in [0.717, 1.165) is 12.2 Å². The molecule has 0 N–H and O–H groups in total. The van der Waals surface area contributed by atoms with Crippen molar-refractivity contribution >= 4 is 5.97 Å². The fourth-order valence-corrected chi connectivity index (χ4v) is 1.11. The molecule has 18 heavy (non-hydrogen) atoms. The normalized spacial score (nSPS) is 10.1. The first-order valence-corrected chi connectivity index (χ1v) is 6.36. The summed E-state index contributed by atoms with van der Waals surface area (Å²) in [4.78, 5) is 11.8. The zero-order valence-corrected chi connectivity index (χ0v) is 12.2. The molecule has 0 saturated carbocycles. The second kappa shape index (κ2) is 7.75. The quantitative estimate of drug-likeness (QED) is 0.758. The van der Waals surface area contributed by atoms with Gasteiger partial charge in [-0.15, -0.1) is 0 Å². The predicted molar refractivity (Wildman–Crippen MR) is 74.1 cm³/mol. The van der Waals surface area contributed by atoms with E-state index in [9.17, 15) is 4.79 Å². The summed E-state index contributed by atoms with van der Waals surface area (Å²) in [6.07, 6.45) is 0.787. The third kappa shape index (κ3) is 5.21. The first kappa shape index (κ1) is 16.5. The molecule has 1 rings (SSSR count). The van der Waals surface area contributed by atoms with Gasteiger partial charge in [0, 0.05) is 0 Å². The largest absolute Gasteiger partial charge is 0.497 e. The summed E-state index contributed by atoms with van der Waals surface area (Å²) < 4.78 is 10.4. The number of hydrogen-bond donors (Lipinski definition) is 0. The second-order valence-corrected chi connectivity index (χ2v) is 4.23. The van der Waals surface area contributed by atoms with Crippen molar-refractivity contribution in [3.63, 3.8) is 0 Å². The molecule has 0 unspecified atom stereocenters. The highest BCUT2D eigenvalue weighted by Crippen LogP contribution is 2.18. The van der Waals surface area contributed by atoms with Crippen LogP contribution in [0.4, 0.5) is 0 Å². The molecule has 0 aliphatic carbocycles. The summed E-state index contributed by atoms with van der Waals surface area (Å²) in [6, 6.07) is 6.89. The van der Waals surface area contributed by atoms with Crippen molar-refractivity contribution < 1.29 is 14.3 Å². The minimum atomic E-state index is -0.420. The maximum atomic E-state index is 11.8. The lowest BCUT2D eigenvalue weighted by Gasteiger charge is -2.23. The zero-order chi connectivity index (χ0) is 14.2. The van der Waals surface area contributed by atoms with Gasteiger partial charge >= 0.3 is 5.97 Å². The molecule has 0 saturated heterocycles. The molecule has 0 bridgehead atoms. The molecule has 102 valence electrons. The van der Waals surface area contributed by atoms with Gasteiger partial charge in [0.25, 0.3) is 0 Å². The van der Waals surface area contributed by atoms with Gasteiger partial charge in [-0.25, -0.2) is 4.79 Å². The molecular formula is C15H24O3. The Morgan fingerprint density at radius 2 is 1.67 bits per heavy atom. The monoisotopic (exact) mass is 252 g/mol. The Morgan fingerprint density at radius 3 is 2.06 bits per heavy atom. The van der Waals surface area contributed by atoms with Crippen LogP contribution in [0.5, 0.6) is 5.75 Å². The lowest BCUT2D eigenvalue weighted by molar-refractivity contribution is -0.00243. The predicted octanol–water partition coefficient (Wildman–Crippen LogP) is 4.07. The van der Waals surface area contributed by atoms with Gasteiger partial charge in [0.05, 0.1) is 12.7 Å². The highest BCUT2D eigenvalue weighted by Gasteiger charge is 2.21. The molecule has 3 heteroatoms. The number of carbonyl (C=O) groups excluding carboxylic acids is 1. The van der Waals surface area contributed by atoms with Crippen LogP contribution in [-0.4, -0.2) is 18.7 Å². The topological polar surface area (TPSA) is 35.5 Å². The molecule has 3 nitrogen and oxygen atoms in total. The zero-order valence-electron chi connectivity index (χ0n) is 12.2. The van der Waals surface area contributed by atoms with E-state index in [1.807, 2.05) is 34.6 Å². The third-order valence-corrected chi connectivity index (χ3v) is 2.55. The molecule has 0 fully saturated rings. The number of methoxy groups -OCH3 is 1. The molecule has 0 aliphatic rings. The first-order valence-electron chi connectivity index (χ1n) is 6.36. The average Bonchev–Trinajstić information content (AvgIpc) is 2.40. The van der Waals surface area contributed by atoms with Crippen LogP contribution in [0.1, 0.15) is 51.4 Å². The lowest BCUT2D eigenvalue weighted by Crippen LogP contribution is -2.26. The lowest BCUT2D eigenvalue weighted by atomic mass is 10.1. The second-order valence-electron chi connectivity index (χ2n) is 4.23. The van der Waals surface area contributed by atoms with Crippen LogP contribution in [0.15, 0.2) is 24.3 Å². The van der Waals surface area contributed by atoms with E-state index < -0.39 is 5.60 Å². The highest BCUT2D eigenvalue weighted by atomic mass is 16.6.